The molecule has 3 atom stereocenters. The zero-order chi connectivity index (χ0) is 33.6. The quantitative estimate of drug-likeness (QED) is 0.129. The number of hydrogen-bond donors (Lipinski definition) is 0. The van der Waals surface area contributed by atoms with Crippen LogP contribution in [0, 0.1) is 0 Å². The Balaban J connectivity index is 1.52. The number of ether oxygens (including phenoxy) is 6. The fourth-order valence-corrected chi connectivity index (χ4v) is 6.38. The van der Waals surface area contributed by atoms with E-state index in [1.54, 1.807) is 0 Å². The van der Waals surface area contributed by atoms with Crippen molar-refractivity contribution in [2.75, 3.05) is 25.2 Å². The molecule has 5 rings (SSSR count). The van der Waals surface area contributed by atoms with E-state index >= 15 is 0 Å². The maximum Gasteiger partial charge on any atom is 0.320 e. The largest absolute Gasteiger partial charge is 0.487 e. The maximum absolute atomic E-state index is 13.3. The summed E-state index contributed by atoms with van der Waals surface area (Å²) >= 11 is 0. The predicted octanol–water partition coefficient (Wildman–Crippen LogP) is 5.79. The van der Waals surface area contributed by atoms with Gasteiger partial charge in [0, 0.05) is 0 Å². The van der Waals surface area contributed by atoms with Crippen LogP contribution in [0.1, 0.15) is 22.3 Å². The van der Waals surface area contributed by atoms with Gasteiger partial charge in [-0.15, -0.1) is 0 Å². The van der Waals surface area contributed by atoms with Gasteiger partial charge in [-0.05, 0) is 22.3 Å². The van der Waals surface area contributed by atoms with Gasteiger partial charge in [-0.2, -0.15) is 0 Å². The fraction of sp³-hybridized carbons (Fsp3) is 0.289. The number of carbonyl (C=O) groups is 1. The highest BCUT2D eigenvalue weighted by atomic mass is 32.2. The van der Waals surface area contributed by atoms with Crippen molar-refractivity contribution in [3.63, 3.8) is 0 Å². The van der Waals surface area contributed by atoms with Gasteiger partial charge in [0.2, 0.25) is 0 Å². The molecule has 0 spiro atoms. The first-order valence-corrected chi connectivity index (χ1v) is 17.5. The molecular weight excluding hydrogens is 632 g/mol. The van der Waals surface area contributed by atoms with Crippen molar-refractivity contribution in [3.05, 3.63) is 155 Å². The highest BCUT2D eigenvalue weighted by Crippen LogP contribution is 2.33. The van der Waals surface area contributed by atoms with E-state index in [-0.39, 0.29) is 37.9 Å². The van der Waals surface area contributed by atoms with E-state index in [2.05, 4.69) is 4.74 Å². The average molecular weight is 673 g/mol. The lowest BCUT2D eigenvalue weighted by atomic mass is 10.0. The Bertz CT molecular complexity index is 1700. The molecule has 1 aliphatic rings. The molecule has 0 saturated heterocycles. The molecule has 4 aromatic rings. The minimum Gasteiger partial charge on any atom is -0.487 e. The number of rotatable bonds is 17. The number of methoxy groups -OCH3 is 1. The van der Waals surface area contributed by atoms with E-state index in [1.165, 1.54) is 0 Å². The third kappa shape index (κ3) is 10.5. The van der Waals surface area contributed by atoms with Crippen LogP contribution in [0.25, 0.3) is 0 Å². The van der Waals surface area contributed by atoms with E-state index in [1.807, 2.05) is 121 Å². The van der Waals surface area contributed by atoms with Crippen LogP contribution in [0.2, 0.25) is 0 Å². The Morgan fingerprint density at radius 1 is 0.667 bits per heavy atom. The van der Waals surface area contributed by atoms with E-state index in [9.17, 15) is 13.2 Å². The lowest BCUT2D eigenvalue weighted by Crippen LogP contribution is -2.50. The van der Waals surface area contributed by atoms with Gasteiger partial charge < -0.3 is 28.4 Å². The summed E-state index contributed by atoms with van der Waals surface area (Å²) in [6, 6.07) is 38.5. The summed E-state index contributed by atoms with van der Waals surface area (Å²) in [5.74, 6) is -2.10. The minimum atomic E-state index is -4.03. The molecule has 9 nitrogen and oxygen atoms in total. The molecular formula is C38H40O9S. The van der Waals surface area contributed by atoms with Gasteiger partial charge in [-0.25, -0.2) is 8.42 Å². The molecule has 0 unspecified atom stereocenters. The van der Waals surface area contributed by atoms with Crippen LogP contribution >= 0.6 is 0 Å². The molecule has 4 aromatic carbocycles. The fourth-order valence-electron chi connectivity index (χ4n) is 5.19. The second-order valence-corrected chi connectivity index (χ2v) is 13.4. The predicted molar refractivity (Wildman–Crippen MR) is 180 cm³/mol. The molecule has 0 bridgehead atoms. The zero-order valence-electron chi connectivity index (χ0n) is 26.8. The van der Waals surface area contributed by atoms with Gasteiger partial charge in [-0.1, -0.05) is 121 Å². The van der Waals surface area contributed by atoms with E-state index in [4.69, 9.17) is 23.7 Å². The van der Waals surface area contributed by atoms with Gasteiger partial charge in [0.15, 0.2) is 27.5 Å². The minimum absolute atomic E-state index is 0.0285. The molecule has 1 aliphatic heterocycles. The van der Waals surface area contributed by atoms with Gasteiger partial charge >= 0.3 is 5.97 Å². The van der Waals surface area contributed by atoms with Crippen molar-refractivity contribution in [3.8, 4) is 0 Å². The number of sulfone groups is 1. The van der Waals surface area contributed by atoms with Crippen molar-refractivity contribution >= 4 is 15.8 Å². The number of esters is 1. The SMILES string of the molecule is COC(=O)CS(=O)(=O)CC1=C(OCc2ccccc2)[C@@H](OCc2ccccc2)[C@H](OCc2ccccc2)[C@@H](COCc2ccccc2)O1. The smallest absolute Gasteiger partial charge is 0.320 e. The maximum atomic E-state index is 13.3. The normalized spacial score (nSPS) is 17.8. The summed E-state index contributed by atoms with van der Waals surface area (Å²) in [6.07, 6.45) is -2.44. The van der Waals surface area contributed by atoms with Gasteiger partial charge in [0.05, 0.1) is 33.5 Å². The van der Waals surface area contributed by atoms with Crippen molar-refractivity contribution in [1.82, 2.24) is 0 Å². The monoisotopic (exact) mass is 672 g/mol. The van der Waals surface area contributed by atoms with Crippen LogP contribution < -0.4 is 0 Å². The van der Waals surface area contributed by atoms with Crippen molar-refractivity contribution in [2.24, 2.45) is 0 Å². The highest BCUT2D eigenvalue weighted by Gasteiger charge is 2.44. The van der Waals surface area contributed by atoms with Crippen LogP contribution in [-0.2, 0) is 69.5 Å². The molecule has 252 valence electrons. The van der Waals surface area contributed by atoms with Crippen molar-refractivity contribution in [1.29, 1.82) is 0 Å². The zero-order valence-corrected chi connectivity index (χ0v) is 27.6. The summed E-state index contributed by atoms with van der Waals surface area (Å²) in [5, 5.41) is 0. The topological polar surface area (TPSA) is 107 Å². The van der Waals surface area contributed by atoms with E-state index in [0.29, 0.717) is 6.61 Å². The Morgan fingerprint density at radius 3 is 1.67 bits per heavy atom. The third-order valence-corrected chi connectivity index (χ3v) is 8.97. The van der Waals surface area contributed by atoms with Gasteiger partial charge in [0.1, 0.15) is 30.3 Å². The van der Waals surface area contributed by atoms with E-state index < -0.39 is 45.6 Å². The Morgan fingerprint density at radius 2 is 1.15 bits per heavy atom. The molecule has 0 radical (unpaired) electrons. The lowest BCUT2D eigenvalue weighted by Gasteiger charge is -2.40. The number of benzene rings is 4. The van der Waals surface area contributed by atoms with Crippen LogP contribution in [-0.4, -0.2) is 57.9 Å². The number of hydrogen-bond acceptors (Lipinski definition) is 9. The standard InChI is InChI=1S/C38H40O9S/c1-42-35(39)28-48(40,41)27-34-37(45-24-31-18-10-4-11-19-31)38(46-25-32-20-12-5-13-21-32)36(44-23-30-16-8-3-9-17-30)33(47-34)26-43-22-29-14-6-2-7-15-29/h2-21,33,36,38H,22-28H2,1H3/t33-,36-,38+/m1/s1. The molecule has 0 N–H and O–H groups in total. The molecule has 0 saturated carbocycles. The summed E-state index contributed by atoms with van der Waals surface area (Å²) < 4.78 is 63.4. The summed E-state index contributed by atoms with van der Waals surface area (Å²) in [6.45, 7) is 0.905. The third-order valence-electron chi connectivity index (χ3n) is 7.60. The summed E-state index contributed by atoms with van der Waals surface area (Å²) in [4.78, 5) is 12.0. The van der Waals surface area contributed by atoms with Crippen LogP contribution in [0.4, 0.5) is 0 Å². The molecule has 10 heteroatoms. The second kappa shape index (κ2) is 17.6. The van der Waals surface area contributed by atoms with Crippen LogP contribution in [0.5, 0.6) is 0 Å². The van der Waals surface area contributed by atoms with Crippen molar-refractivity contribution in [2.45, 2.75) is 44.7 Å². The molecule has 0 amide bonds. The Hall–Kier alpha value is -4.48. The lowest BCUT2D eigenvalue weighted by molar-refractivity contribution is -0.173. The second-order valence-electron chi connectivity index (χ2n) is 11.3. The Labute approximate surface area is 281 Å². The molecule has 0 aliphatic carbocycles. The number of carbonyl (C=O) groups excluding carboxylic acids is 1. The Kier molecular flexibility index (Phi) is 12.8. The van der Waals surface area contributed by atoms with Crippen LogP contribution in [0.15, 0.2) is 133 Å². The van der Waals surface area contributed by atoms with E-state index in [0.717, 1.165) is 29.4 Å². The van der Waals surface area contributed by atoms with Gasteiger partial charge in [0.25, 0.3) is 0 Å². The molecule has 0 aromatic heterocycles. The first-order valence-electron chi connectivity index (χ1n) is 15.7. The van der Waals surface area contributed by atoms with Crippen LogP contribution in [0.3, 0.4) is 0 Å². The molecule has 48 heavy (non-hydrogen) atoms. The van der Waals surface area contributed by atoms with Gasteiger partial charge in [-0.3, -0.25) is 4.79 Å². The average Bonchev–Trinajstić information content (AvgIpc) is 3.11. The highest BCUT2D eigenvalue weighted by molar-refractivity contribution is 7.92. The molecule has 1 heterocycles. The summed E-state index contributed by atoms with van der Waals surface area (Å²) in [5.41, 5.74) is 3.67. The summed E-state index contributed by atoms with van der Waals surface area (Å²) in [7, 11) is -2.89. The molecule has 0 fully saturated rings. The van der Waals surface area contributed by atoms with Crippen molar-refractivity contribution < 1.29 is 41.6 Å². The first-order chi connectivity index (χ1) is 23.4. The first kappa shape index (κ1) is 34.8.